The summed E-state index contributed by atoms with van der Waals surface area (Å²) in [6.07, 6.45) is 0.250. The highest BCUT2D eigenvalue weighted by Crippen LogP contribution is 0.787. The average molecular weight is 95.1 g/mol. The molecule has 0 heterocycles. The van der Waals surface area contributed by atoms with Crippen LogP contribution in [0, 0.1) is 0 Å². The minimum atomic E-state index is 0. The zero-order chi connectivity index (χ0) is 2.71. The fourth-order valence-corrected chi connectivity index (χ4v) is 0. The molecule has 3 nitrogen and oxygen atoms in total. The predicted molar refractivity (Wildman–Crippen MR) is 20.4 cm³/mol. The Morgan fingerprint density at radius 3 is 1.20 bits per heavy atom. The van der Waals surface area contributed by atoms with Gasteiger partial charge in [0.25, 0.3) is 0 Å². The van der Waals surface area contributed by atoms with Crippen LogP contribution in [0.3, 0.4) is 0 Å². The quantitative estimate of drug-likeness (QED) is 0.448. The molecule has 0 aliphatic heterocycles. The van der Waals surface area contributed by atoms with Crippen LogP contribution in [-0.2, 0) is 9.59 Å². The van der Waals surface area contributed by atoms with E-state index in [2.05, 4.69) is 0 Å². The maximum absolute atomic E-state index is 8.12. The lowest BCUT2D eigenvalue weighted by molar-refractivity contribution is -0.191. The summed E-state index contributed by atoms with van der Waals surface area (Å²) < 4.78 is 0. The second-order valence-electron chi connectivity index (χ2n) is 0.0833. The van der Waals surface area contributed by atoms with Crippen LogP contribution in [0.4, 0.5) is 0 Å². The zero-order valence-corrected chi connectivity index (χ0v) is 3.52. The molecule has 3 N–H and O–H groups in total. The first-order valence-electron chi connectivity index (χ1n) is 0.408. The maximum atomic E-state index is 8.12. The average Bonchev–Trinajstić information content (AvgIpc) is 0.918. The molecule has 0 aliphatic carbocycles. The molecule has 0 rings (SSSR count). The highest BCUT2D eigenvalue weighted by Gasteiger charge is 1.13. The van der Waals surface area contributed by atoms with Crippen molar-refractivity contribution in [2.45, 2.75) is 0 Å². The largest absolute Gasteiger partial charge is 0.373 e. The molecule has 0 atom stereocenters. The second-order valence-corrected chi connectivity index (χ2v) is 0.0833. The monoisotopic (exact) mass is 95.0 g/mol. The van der Waals surface area contributed by atoms with Gasteiger partial charge >= 0.3 is 6.15 Å². The van der Waals surface area contributed by atoms with E-state index in [1.54, 1.807) is 0 Å². The van der Waals surface area contributed by atoms with Crippen LogP contribution in [0.2, 0.25) is 0 Å². The van der Waals surface area contributed by atoms with Crippen LogP contribution in [-0.4, -0.2) is 6.15 Å². The van der Waals surface area contributed by atoms with Gasteiger partial charge in [0.15, 0.2) is 0 Å². The molecule has 0 amide bonds. The van der Waals surface area contributed by atoms with Crippen LogP contribution >= 0.6 is 13.5 Å². The van der Waals surface area contributed by atoms with Crippen LogP contribution < -0.4 is 6.15 Å². The Labute approximate surface area is 36.4 Å². The molecule has 0 saturated heterocycles. The fourth-order valence-electron chi connectivity index (χ4n) is 0. The minimum absolute atomic E-state index is 0. The van der Waals surface area contributed by atoms with Crippen molar-refractivity contribution in [1.29, 1.82) is 0 Å². The summed E-state index contributed by atoms with van der Waals surface area (Å²) in [6.45, 7) is 0. The van der Waals surface area contributed by atoms with Gasteiger partial charge in [-0.05, 0) is 0 Å². The first kappa shape index (κ1) is 22.4. The third-order valence-electron chi connectivity index (χ3n) is 0. The van der Waals surface area contributed by atoms with Crippen molar-refractivity contribution in [2.75, 3.05) is 0 Å². The molecule has 0 bridgehead atoms. The number of hydrogen-bond donors (Lipinski definition) is 1. The van der Waals surface area contributed by atoms with Gasteiger partial charge in [-0.2, -0.15) is 23.1 Å². The summed E-state index contributed by atoms with van der Waals surface area (Å²) in [4.78, 5) is 16.2. The van der Waals surface area contributed by atoms with E-state index >= 15 is 0 Å². The normalized spacial score (nSPS) is 1.60. The third kappa shape index (κ3) is 110. The van der Waals surface area contributed by atoms with Gasteiger partial charge < -0.3 is 6.15 Å². The lowest BCUT2D eigenvalue weighted by atomic mass is 11.8. The van der Waals surface area contributed by atoms with E-state index < -0.39 is 0 Å². The van der Waals surface area contributed by atoms with Gasteiger partial charge in [-0.25, -0.2) is 0 Å². The van der Waals surface area contributed by atoms with Gasteiger partial charge in [0.2, 0.25) is 0 Å². The Hall–Kier alpha value is -0.310. The number of carbonyl (C=O) groups excluding carboxylic acids is 2. The molecular formula is CH5NO2S. The highest BCUT2D eigenvalue weighted by atomic mass is 32.1. The Bertz CT molecular complexity index is 30.6. The van der Waals surface area contributed by atoms with Gasteiger partial charge in [0.1, 0.15) is 0 Å². The lowest BCUT2D eigenvalue weighted by Gasteiger charge is -0.945. The standard InChI is InChI=1S/CO2.H3N.H2S/c2-1-3;;/h;1H3;1H2. The molecule has 0 aromatic carbocycles. The summed E-state index contributed by atoms with van der Waals surface area (Å²) in [6, 6.07) is 0. The first-order chi connectivity index (χ1) is 1.41. The summed E-state index contributed by atoms with van der Waals surface area (Å²) in [5.74, 6) is 0. The van der Waals surface area contributed by atoms with E-state index in [-0.39, 0.29) is 25.8 Å². The van der Waals surface area contributed by atoms with E-state index in [9.17, 15) is 0 Å². The van der Waals surface area contributed by atoms with E-state index in [1.165, 1.54) is 0 Å². The Kier molecular flexibility index (Phi) is 251. The molecule has 0 radical (unpaired) electrons. The van der Waals surface area contributed by atoms with Gasteiger partial charge in [0.05, 0.1) is 0 Å². The number of rotatable bonds is 0. The lowest BCUT2D eigenvalue weighted by Crippen LogP contribution is -1.22. The molecule has 5 heavy (non-hydrogen) atoms. The predicted octanol–water partition coefficient (Wildman–Crippen LogP) is -0.309. The maximum Gasteiger partial charge on any atom is 0.373 e. The van der Waals surface area contributed by atoms with E-state index in [4.69, 9.17) is 9.59 Å². The molecule has 32 valence electrons. The van der Waals surface area contributed by atoms with Crippen molar-refractivity contribution >= 4 is 19.6 Å². The summed E-state index contributed by atoms with van der Waals surface area (Å²) >= 11 is 0. The molecule has 0 aromatic heterocycles. The summed E-state index contributed by atoms with van der Waals surface area (Å²) in [5.41, 5.74) is 0. The van der Waals surface area contributed by atoms with E-state index in [1.807, 2.05) is 0 Å². The van der Waals surface area contributed by atoms with Crippen molar-refractivity contribution in [2.24, 2.45) is 0 Å². The third-order valence-corrected chi connectivity index (χ3v) is 0. The van der Waals surface area contributed by atoms with Gasteiger partial charge in [-0.1, -0.05) is 0 Å². The molecule has 4 heteroatoms. The molecular weight excluding hydrogens is 90.1 g/mol. The Morgan fingerprint density at radius 2 is 1.20 bits per heavy atom. The molecule has 0 aliphatic rings. The van der Waals surface area contributed by atoms with Crippen molar-refractivity contribution in [3.8, 4) is 0 Å². The summed E-state index contributed by atoms with van der Waals surface area (Å²) in [7, 11) is 0. The van der Waals surface area contributed by atoms with Gasteiger partial charge in [-0.15, -0.1) is 0 Å². The van der Waals surface area contributed by atoms with Crippen LogP contribution in [0.5, 0.6) is 0 Å². The Balaban J connectivity index is -0.0000000200. The van der Waals surface area contributed by atoms with E-state index in [0.717, 1.165) is 0 Å². The topological polar surface area (TPSA) is 69.1 Å². The van der Waals surface area contributed by atoms with Gasteiger partial charge in [-0.3, -0.25) is 0 Å². The van der Waals surface area contributed by atoms with Crippen LogP contribution in [0.1, 0.15) is 0 Å². The van der Waals surface area contributed by atoms with Crippen molar-refractivity contribution < 1.29 is 9.59 Å². The molecule has 0 saturated carbocycles. The SMILES string of the molecule is N.O=C=O.S. The first-order valence-corrected chi connectivity index (χ1v) is 0.408. The van der Waals surface area contributed by atoms with Crippen LogP contribution in [0.15, 0.2) is 0 Å². The van der Waals surface area contributed by atoms with Gasteiger partial charge in [0, 0.05) is 0 Å². The second kappa shape index (κ2) is 56.1. The molecule has 0 spiro atoms. The molecule has 0 aromatic rings. The minimum Gasteiger partial charge on any atom is -0.344 e. The molecule has 0 unspecified atom stereocenters. The molecule has 0 fully saturated rings. The smallest absolute Gasteiger partial charge is 0.344 e. The number of hydrogen-bond acceptors (Lipinski definition) is 3. The van der Waals surface area contributed by atoms with Crippen molar-refractivity contribution in [3.05, 3.63) is 0 Å². The van der Waals surface area contributed by atoms with Crippen molar-refractivity contribution in [3.63, 3.8) is 0 Å². The Morgan fingerprint density at radius 1 is 1.20 bits per heavy atom. The van der Waals surface area contributed by atoms with Crippen molar-refractivity contribution in [1.82, 2.24) is 6.15 Å². The highest BCUT2D eigenvalue weighted by molar-refractivity contribution is 7.59. The van der Waals surface area contributed by atoms with E-state index in [0.29, 0.717) is 0 Å². The van der Waals surface area contributed by atoms with Crippen LogP contribution in [0.25, 0.3) is 0 Å². The summed E-state index contributed by atoms with van der Waals surface area (Å²) in [5, 5.41) is 0. The zero-order valence-electron chi connectivity index (χ0n) is 2.52. The fraction of sp³-hybridized carbons (Fsp3) is 0.